The lowest BCUT2D eigenvalue weighted by Crippen LogP contribution is -2.25. The van der Waals surface area contributed by atoms with Gasteiger partial charge in [-0.3, -0.25) is 4.90 Å². The Balaban J connectivity index is 1.99. The summed E-state index contributed by atoms with van der Waals surface area (Å²) in [5, 5.41) is 8.68. The molecule has 3 heteroatoms. The Morgan fingerprint density at radius 2 is 2.00 bits per heavy atom. The van der Waals surface area contributed by atoms with Crippen LogP contribution in [0.25, 0.3) is 0 Å². The van der Waals surface area contributed by atoms with Gasteiger partial charge in [-0.15, -0.1) is 0 Å². The summed E-state index contributed by atoms with van der Waals surface area (Å²) in [6.07, 6.45) is 2.37. The lowest BCUT2D eigenvalue weighted by atomic mass is 10.2. The van der Waals surface area contributed by atoms with Gasteiger partial charge in [-0.2, -0.15) is 5.26 Å². The molecular weight excluding hydrogens is 191 g/mol. The van der Waals surface area contributed by atoms with E-state index in [1.165, 1.54) is 25.0 Å². The molecule has 2 nitrogen and oxygen atoms in total. The molecule has 2 rings (SSSR count). The van der Waals surface area contributed by atoms with Gasteiger partial charge in [0.05, 0.1) is 12.6 Å². The van der Waals surface area contributed by atoms with Gasteiger partial charge in [0.2, 0.25) is 0 Å². The Bertz CT molecular complexity index is 362. The highest BCUT2D eigenvalue weighted by molar-refractivity contribution is 5.16. The van der Waals surface area contributed by atoms with E-state index in [0.29, 0.717) is 12.6 Å². The molecule has 1 aromatic carbocycles. The fraction of sp³-hybridized carbons (Fsp3) is 0.417. The number of hydrogen-bond acceptors (Lipinski definition) is 2. The van der Waals surface area contributed by atoms with Crippen molar-refractivity contribution in [2.24, 2.45) is 0 Å². The highest BCUT2D eigenvalue weighted by Crippen LogP contribution is 2.27. The molecule has 78 valence electrons. The van der Waals surface area contributed by atoms with Crippen LogP contribution in [0.4, 0.5) is 4.39 Å². The van der Waals surface area contributed by atoms with E-state index >= 15 is 0 Å². The summed E-state index contributed by atoms with van der Waals surface area (Å²) in [6, 6.07) is 9.23. The predicted molar refractivity (Wildman–Crippen MR) is 55.4 cm³/mol. The summed E-state index contributed by atoms with van der Waals surface area (Å²) in [7, 11) is 0. The van der Waals surface area contributed by atoms with Crippen molar-refractivity contribution in [3.8, 4) is 6.07 Å². The summed E-state index contributed by atoms with van der Waals surface area (Å²) in [6.45, 7) is 1.21. The van der Waals surface area contributed by atoms with Gasteiger partial charge in [-0.1, -0.05) is 12.1 Å². The zero-order valence-electron chi connectivity index (χ0n) is 8.49. The third kappa shape index (κ3) is 2.77. The number of rotatable bonds is 4. The van der Waals surface area contributed by atoms with Gasteiger partial charge < -0.3 is 0 Å². The van der Waals surface area contributed by atoms with Gasteiger partial charge in [0.25, 0.3) is 0 Å². The average molecular weight is 204 g/mol. The van der Waals surface area contributed by atoms with Crippen LogP contribution < -0.4 is 0 Å². The normalized spacial score (nSPS) is 15.3. The Morgan fingerprint density at radius 3 is 2.53 bits per heavy atom. The molecule has 0 spiro atoms. The van der Waals surface area contributed by atoms with E-state index in [9.17, 15) is 4.39 Å². The number of hydrogen-bond donors (Lipinski definition) is 0. The lowest BCUT2D eigenvalue weighted by molar-refractivity contribution is 0.287. The summed E-state index contributed by atoms with van der Waals surface area (Å²) < 4.78 is 12.7. The van der Waals surface area contributed by atoms with Gasteiger partial charge >= 0.3 is 0 Å². The van der Waals surface area contributed by atoms with E-state index in [1.54, 1.807) is 12.1 Å². The maximum absolute atomic E-state index is 12.7. The molecule has 0 saturated heterocycles. The van der Waals surface area contributed by atoms with Gasteiger partial charge in [-0.25, -0.2) is 4.39 Å². The zero-order chi connectivity index (χ0) is 10.7. The molecule has 1 aliphatic rings. The number of benzene rings is 1. The first-order valence-electron chi connectivity index (χ1n) is 5.15. The third-order valence-corrected chi connectivity index (χ3v) is 2.64. The van der Waals surface area contributed by atoms with Crippen LogP contribution in [0.5, 0.6) is 0 Å². The second-order valence-electron chi connectivity index (χ2n) is 3.92. The smallest absolute Gasteiger partial charge is 0.123 e. The topological polar surface area (TPSA) is 27.0 Å². The first kappa shape index (κ1) is 10.1. The van der Waals surface area contributed by atoms with E-state index in [0.717, 1.165) is 12.1 Å². The molecule has 1 aromatic rings. The van der Waals surface area contributed by atoms with Gasteiger partial charge in [-0.05, 0) is 30.5 Å². The molecule has 0 atom stereocenters. The SMILES string of the molecule is N#CCN(Cc1ccc(F)cc1)C1CC1. The number of nitrogens with zero attached hydrogens (tertiary/aromatic N) is 2. The largest absolute Gasteiger partial charge is 0.283 e. The van der Waals surface area contributed by atoms with Crippen molar-refractivity contribution in [2.75, 3.05) is 6.54 Å². The average Bonchev–Trinajstić information content (AvgIpc) is 3.04. The van der Waals surface area contributed by atoms with Crippen LogP contribution in [0.2, 0.25) is 0 Å². The zero-order valence-corrected chi connectivity index (χ0v) is 8.49. The highest BCUT2D eigenvalue weighted by Gasteiger charge is 2.28. The molecule has 15 heavy (non-hydrogen) atoms. The second-order valence-corrected chi connectivity index (χ2v) is 3.92. The summed E-state index contributed by atoms with van der Waals surface area (Å²) in [5.74, 6) is -0.211. The quantitative estimate of drug-likeness (QED) is 0.704. The van der Waals surface area contributed by atoms with Gasteiger partial charge in [0.1, 0.15) is 5.82 Å². The van der Waals surface area contributed by atoms with Crippen LogP contribution in [-0.2, 0) is 6.54 Å². The second kappa shape index (κ2) is 4.41. The van der Waals surface area contributed by atoms with E-state index < -0.39 is 0 Å². The molecule has 1 aliphatic carbocycles. The number of nitriles is 1. The van der Waals surface area contributed by atoms with Crippen LogP contribution in [0.1, 0.15) is 18.4 Å². The Morgan fingerprint density at radius 1 is 1.33 bits per heavy atom. The predicted octanol–water partition coefficient (Wildman–Crippen LogP) is 2.31. The maximum Gasteiger partial charge on any atom is 0.123 e. The molecule has 1 fully saturated rings. The molecule has 0 radical (unpaired) electrons. The van der Waals surface area contributed by atoms with Crippen LogP contribution in [-0.4, -0.2) is 17.5 Å². The lowest BCUT2D eigenvalue weighted by Gasteiger charge is -2.18. The van der Waals surface area contributed by atoms with Crippen LogP contribution in [0.3, 0.4) is 0 Å². The molecule has 0 unspecified atom stereocenters. The Hall–Kier alpha value is -1.40. The first-order valence-corrected chi connectivity index (χ1v) is 5.15. The minimum atomic E-state index is -0.211. The van der Waals surface area contributed by atoms with E-state index in [1.807, 2.05) is 0 Å². The fourth-order valence-corrected chi connectivity index (χ4v) is 1.67. The summed E-state index contributed by atoms with van der Waals surface area (Å²) >= 11 is 0. The molecule has 0 aliphatic heterocycles. The maximum atomic E-state index is 12.7. The molecule has 0 bridgehead atoms. The molecule has 1 saturated carbocycles. The Labute approximate surface area is 88.9 Å². The van der Waals surface area contributed by atoms with Crippen molar-refractivity contribution in [2.45, 2.75) is 25.4 Å². The molecular formula is C12H13FN2. The van der Waals surface area contributed by atoms with Gasteiger partial charge in [0, 0.05) is 12.6 Å². The van der Waals surface area contributed by atoms with E-state index in [4.69, 9.17) is 5.26 Å². The first-order chi connectivity index (χ1) is 7.29. The molecule has 0 aromatic heterocycles. The van der Waals surface area contributed by atoms with Crippen molar-refractivity contribution in [1.29, 1.82) is 5.26 Å². The van der Waals surface area contributed by atoms with Crippen molar-refractivity contribution < 1.29 is 4.39 Å². The standard InChI is InChI=1S/C12H13FN2/c13-11-3-1-10(2-4-11)9-15(8-7-14)12-5-6-12/h1-4,12H,5-6,8-9H2. The minimum Gasteiger partial charge on any atom is -0.283 e. The Kier molecular flexibility index (Phi) is 2.98. The molecule has 0 heterocycles. The van der Waals surface area contributed by atoms with Crippen molar-refractivity contribution in [3.05, 3.63) is 35.6 Å². The fourth-order valence-electron chi connectivity index (χ4n) is 1.67. The van der Waals surface area contributed by atoms with E-state index in [2.05, 4.69) is 11.0 Å². The van der Waals surface area contributed by atoms with E-state index in [-0.39, 0.29) is 5.82 Å². The van der Waals surface area contributed by atoms with Crippen molar-refractivity contribution in [1.82, 2.24) is 4.90 Å². The molecule has 0 N–H and O–H groups in total. The molecule has 0 amide bonds. The van der Waals surface area contributed by atoms with Crippen molar-refractivity contribution >= 4 is 0 Å². The minimum absolute atomic E-state index is 0.211. The van der Waals surface area contributed by atoms with Gasteiger partial charge in [0.15, 0.2) is 0 Å². The monoisotopic (exact) mass is 204 g/mol. The van der Waals surface area contributed by atoms with Crippen LogP contribution in [0, 0.1) is 17.1 Å². The summed E-state index contributed by atoms with van der Waals surface area (Å²) in [4.78, 5) is 2.15. The third-order valence-electron chi connectivity index (χ3n) is 2.64. The van der Waals surface area contributed by atoms with Crippen LogP contribution in [0.15, 0.2) is 24.3 Å². The van der Waals surface area contributed by atoms with Crippen LogP contribution >= 0.6 is 0 Å². The summed E-state index contributed by atoms with van der Waals surface area (Å²) in [5.41, 5.74) is 1.07. The number of halogens is 1. The van der Waals surface area contributed by atoms with Crippen molar-refractivity contribution in [3.63, 3.8) is 0 Å². The highest BCUT2D eigenvalue weighted by atomic mass is 19.1.